The van der Waals surface area contributed by atoms with Gasteiger partial charge in [-0.05, 0) is 43.6 Å². The highest BCUT2D eigenvalue weighted by Gasteiger charge is 2.67. The Hall–Kier alpha value is -1.92. The molecule has 1 aromatic carbocycles. The van der Waals surface area contributed by atoms with Crippen LogP contribution in [0.4, 0.5) is 0 Å². The third-order valence-corrected chi connectivity index (χ3v) is 7.99. The van der Waals surface area contributed by atoms with Crippen LogP contribution in [0.2, 0.25) is 0 Å². The normalized spacial score (nSPS) is 40.9. The molecule has 4 atom stereocenters. The number of hydrogen-bond acceptors (Lipinski definition) is 6. The van der Waals surface area contributed by atoms with E-state index in [1.165, 1.54) is 5.56 Å². The molecule has 0 unspecified atom stereocenters. The second-order valence-corrected chi connectivity index (χ2v) is 9.04. The van der Waals surface area contributed by atoms with Crippen molar-refractivity contribution >= 4 is 11.4 Å². The highest BCUT2D eigenvalue weighted by Crippen LogP contribution is 2.63. The Morgan fingerprint density at radius 1 is 1.07 bits per heavy atom. The summed E-state index contributed by atoms with van der Waals surface area (Å²) in [7, 11) is 0. The molecule has 1 aromatic rings. The molecule has 6 heteroatoms. The van der Waals surface area contributed by atoms with Gasteiger partial charge in [0.2, 0.25) is 0 Å². The van der Waals surface area contributed by atoms with E-state index in [4.69, 9.17) is 4.74 Å². The minimum absolute atomic E-state index is 0.0937. The minimum atomic E-state index is -0.143. The molecule has 4 saturated carbocycles. The number of morpholine rings is 1. The third kappa shape index (κ3) is 2.54. The Labute approximate surface area is 165 Å². The first-order chi connectivity index (χ1) is 13.7. The first-order valence-electron chi connectivity index (χ1n) is 10.5. The summed E-state index contributed by atoms with van der Waals surface area (Å²) in [5.41, 5.74) is 2.93. The summed E-state index contributed by atoms with van der Waals surface area (Å²) in [6.07, 6.45) is 5.53. The Morgan fingerprint density at radius 3 is 2.57 bits per heavy atom. The maximum atomic E-state index is 10.0. The second-order valence-electron chi connectivity index (χ2n) is 9.04. The van der Waals surface area contributed by atoms with Gasteiger partial charge in [0.05, 0.1) is 24.6 Å². The summed E-state index contributed by atoms with van der Waals surface area (Å²) in [6, 6.07) is 10.5. The molecule has 0 spiro atoms. The molecule has 4 bridgehead atoms. The lowest BCUT2D eigenvalue weighted by Gasteiger charge is -2.67. The van der Waals surface area contributed by atoms with Gasteiger partial charge in [0.15, 0.2) is 0 Å². The molecule has 0 amide bonds. The van der Waals surface area contributed by atoms with Crippen molar-refractivity contribution in [1.82, 2.24) is 4.90 Å². The van der Waals surface area contributed by atoms with Gasteiger partial charge >= 0.3 is 0 Å². The van der Waals surface area contributed by atoms with E-state index in [-0.39, 0.29) is 16.9 Å². The number of fused-ring (bicyclic) bond motifs is 1. The van der Waals surface area contributed by atoms with Crippen LogP contribution in [-0.4, -0.2) is 58.6 Å². The Morgan fingerprint density at radius 2 is 1.86 bits per heavy atom. The smallest absolute Gasteiger partial charge is 0.0654 e. The molecule has 1 aliphatic heterocycles. The molecule has 1 saturated heterocycles. The van der Waals surface area contributed by atoms with Crippen molar-refractivity contribution < 1.29 is 15.2 Å². The molecular weight excluding hydrogens is 354 g/mol. The summed E-state index contributed by atoms with van der Waals surface area (Å²) in [6.45, 7) is 3.29. The molecule has 28 heavy (non-hydrogen) atoms. The van der Waals surface area contributed by atoms with E-state index in [0.717, 1.165) is 76.3 Å². The van der Waals surface area contributed by atoms with E-state index in [1.54, 1.807) is 0 Å². The van der Waals surface area contributed by atoms with E-state index in [9.17, 15) is 10.4 Å². The molecule has 1 heterocycles. The van der Waals surface area contributed by atoms with E-state index < -0.39 is 0 Å². The Bertz CT molecular complexity index is 789. The van der Waals surface area contributed by atoms with Gasteiger partial charge in [0.1, 0.15) is 0 Å². The fourth-order valence-corrected chi connectivity index (χ4v) is 6.86. The summed E-state index contributed by atoms with van der Waals surface area (Å²) in [5, 5.41) is 27.5. The molecule has 5 fully saturated rings. The van der Waals surface area contributed by atoms with Crippen LogP contribution in [0.5, 0.6) is 0 Å². The molecule has 0 aromatic heterocycles. The van der Waals surface area contributed by atoms with Crippen molar-refractivity contribution in [3.8, 4) is 0 Å². The molecule has 4 aliphatic carbocycles. The van der Waals surface area contributed by atoms with Crippen LogP contribution in [0, 0.1) is 17.3 Å². The summed E-state index contributed by atoms with van der Waals surface area (Å²) in [5.74, 6) is 0.751. The first kappa shape index (κ1) is 18.1. The van der Waals surface area contributed by atoms with Crippen molar-refractivity contribution in [2.75, 3.05) is 26.3 Å². The predicted molar refractivity (Wildman–Crippen MR) is 106 cm³/mol. The number of rotatable bonds is 3. The Kier molecular flexibility index (Phi) is 4.43. The van der Waals surface area contributed by atoms with E-state index in [1.807, 2.05) is 6.07 Å². The monoisotopic (exact) mass is 383 g/mol. The highest BCUT2D eigenvalue weighted by atomic mass is 16.5. The largest absolute Gasteiger partial charge is 0.411 e. The van der Waals surface area contributed by atoms with Gasteiger partial charge in [-0.1, -0.05) is 40.6 Å². The highest BCUT2D eigenvalue weighted by molar-refractivity contribution is 5.98. The summed E-state index contributed by atoms with van der Waals surface area (Å²) >= 11 is 0. The third-order valence-electron chi connectivity index (χ3n) is 7.99. The average molecular weight is 383 g/mol. The van der Waals surface area contributed by atoms with Gasteiger partial charge in [-0.2, -0.15) is 0 Å². The molecule has 0 radical (unpaired) electrons. The van der Waals surface area contributed by atoms with Gasteiger partial charge in [0.25, 0.3) is 0 Å². The van der Waals surface area contributed by atoms with Gasteiger partial charge in [-0.15, -0.1) is 0 Å². The van der Waals surface area contributed by atoms with Gasteiger partial charge in [-0.3, -0.25) is 4.90 Å². The van der Waals surface area contributed by atoms with Crippen molar-refractivity contribution in [3.63, 3.8) is 0 Å². The number of hydrogen-bond donors (Lipinski definition) is 2. The van der Waals surface area contributed by atoms with Crippen molar-refractivity contribution in [1.29, 1.82) is 0 Å². The van der Waals surface area contributed by atoms with Crippen LogP contribution >= 0.6 is 0 Å². The van der Waals surface area contributed by atoms with Crippen LogP contribution < -0.4 is 0 Å². The lowest BCUT2D eigenvalue weighted by atomic mass is 9.42. The number of ether oxygens (including phenoxy) is 1. The predicted octanol–water partition coefficient (Wildman–Crippen LogP) is 3.17. The van der Waals surface area contributed by atoms with Crippen LogP contribution in [0.3, 0.4) is 0 Å². The zero-order chi connectivity index (χ0) is 19.2. The average Bonchev–Trinajstić information content (AvgIpc) is 2.75. The Balaban J connectivity index is 1.58. The van der Waals surface area contributed by atoms with Gasteiger partial charge in [-0.25, -0.2) is 0 Å². The van der Waals surface area contributed by atoms with Gasteiger partial charge in [0, 0.05) is 36.4 Å². The topological polar surface area (TPSA) is 77.7 Å². The van der Waals surface area contributed by atoms with Crippen LogP contribution in [0.25, 0.3) is 0 Å². The quantitative estimate of drug-likeness (QED) is 0.621. The lowest BCUT2D eigenvalue weighted by Crippen LogP contribution is -2.74. The van der Waals surface area contributed by atoms with Crippen LogP contribution in [-0.2, 0) is 11.2 Å². The number of benzene rings is 1. The van der Waals surface area contributed by atoms with Gasteiger partial charge < -0.3 is 15.2 Å². The molecule has 2 N–H and O–H groups in total. The van der Waals surface area contributed by atoms with Crippen LogP contribution in [0.1, 0.15) is 37.7 Å². The SMILES string of the molecule is O/N=C1/CC[C@H]2C[C@]3(Cc4ccccc4)C[C@H]1[C@]2(N1CCOCC1)C/C3=N/O. The van der Waals surface area contributed by atoms with Crippen molar-refractivity contribution in [2.24, 2.45) is 27.6 Å². The summed E-state index contributed by atoms with van der Waals surface area (Å²) < 4.78 is 5.62. The maximum Gasteiger partial charge on any atom is 0.0654 e. The molecule has 6 nitrogen and oxygen atoms in total. The van der Waals surface area contributed by atoms with E-state index in [2.05, 4.69) is 39.5 Å². The minimum Gasteiger partial charge on any atom is -0.411 e. The molecule has 5 aliphatic rings. The van der Waals surface area contributed by atoms with E-state index >= 15 is 0 Å². The lowest BCUT2D eigenvalue weighted by molar-refractivity contribution is -0.114. The first-order valence-corrected chi connectivity index (χ1v) is 10.5. The summed E-state index contributed by atoms with van der Waals surface area (Å²) in [4.78, 5) is 2.56. The van der Waals surface area contributed by atoms with Crippen molar-refractivity contribution in [3.05, 3.63) is 35.9 Å². The van der Waals surface area contributed by atoms with Crippen molar-refractivity contribution in [2.45, 2.75) is 44.1 Å². The molecule has 6 rings (SSSR count). The fourth-order valence-electron chi connectivity index (χ4n) is 6.86. The fraction of sp³-hybridized carbons (Fsp3) is 0.636. The molecular formula is C22H29N3O3. The molecule has 150 valence electrons. The van der Waals surface area contributed by atoms with E-state index in [0.29, 0.717) is 5.92 Å². The number of nitrogens with zero attached hydrogens (tertiary/aromatic N) is 3. The second kappa shape index (κ2) is 6.85. The zero-order valence-corrected chi connectivity index (χ0v) is 16.3. The maximum absolute atomic E-state index is 10.0. The zero-order valence-electron chi connectivity index (χ0n) is 16.3. The number of oxime groups is 2. The standard InChI is InChI=1S/C22H29N3O3/c26-23-19-7-6-17-13-21(12-16-4-2-1-3-5-16)14-18(19)22(17,15-20(21)24-27)25-8-10-28-11-9-25/h1-5,17-18,26-27H,6-15H2/b23-19-,24-20-/t17-,18+,21+,22-/m0/s1. The van der Waals surface area contributed by atoms with Crippen LogP contribution in [0.15, 0.2) is 40.6 Å².